The molecule has 5 saturated carbocycles. The van der Waals surface area contributed by atoms with Crippen molar-refractivity contribution in [1.29, 1.82) is 0 Å². The summed E-state index contributed by atoms with van der Waals surface area (Å²) in [6, 6.07) is 0. The first-order chi connectivity index (χ1) is 13.9. The maximum Gasteiger partial charge on any atom is 0.133 e. The Morgan fingerprint density at radius 2 is 1.55 bits per heavy atom. The molecule has 5 fully saturated rings. The van der Waals surface area contributed by atoms with E-state index in [0.717, 1.165) is 53.8 Å². The molecule has 0 bridgehead atoms. The third kappa shape index (κ3) is 3.36. The van der Waals surface area contributed by atoms with Gasteiger partial charge in [0.15, 0.2) is 0 Å². The second-order valence-electron chi connectivity index (χ2n) is 11.3. The molecule has 0 heterocycles. The van der Waals surface area contributed by atoms with Crippen LogP contribution in [0.3, 0.4) is 0 Å². The highest BCUT2D eigenvalue weighted by Crippen LogP contribution is 2.76. The van der Waals surface area contributed by atoms with Gasteiger partial charge in [-0.25, -0.2) is 0 Å². The van der Waals surface area contributed by atoms with Crippen LogP contribution in [0.4, 0.5) is 0 Å². The van der Waals surface area contributed by atoms with E-state index in [4.69, 9.17) is 0 Å². The van der Waals surface area contributed by atoms with Gasteiger partial charge < -0.3 is 0 Å². The quantitative estimate of drug-likeness (QED) is 0.431. The third-order valence-corrected chi connectivity index (χ3v) is 10.6. The van der Waals surface area contributed by atoms with Gasteiger partial charge in [0.2, 0.25) is 0 Å². The minimum Gasteiger partial charge on any atom is -0.300 e. The molecule has 0 aromatic heterocycles. The summed E-state index contributed by atoms with van der Waals surface area (Å²) in [5.74, 6) is 7.34. The van der Waals surface area contributed by atoms with E-state index in [0.29, 0.717) is 17.1 Å². The molecule has 5 rings (SSSR count). The van der Waals surface area contributed by atoms with Crippen molar-refractivity contribution >= 4 is 5.78 Å². The van der Waals surface area contributed by atoms with Crippen LogP contribution in [0, 0.1) is 52.3 Å². The fourth-order valence-corrected chi connectivity index (χ4v) is 9.59. The van der Waals surface area contributed by atoms with Crippen LogP contribution in [-0.4, -0.2) is 5.78 Å². The first-order valence-corrected chi connectivity index (χ1v) is 13.5. The fraction of sp³-hybridized carbons (Fsp3) is 0.964. The number of hydrogen-bond donors (Lipinski definition) is 0. The summed E-state index contributed by atoms with van der Waals surface area (Å²) < 4.78 is 0. The molecule has 0 N–H and O–H groups in total. The van der Waals surface area contributed by atoms with Crippen LogP contribution in [0.15, 0.2) is 0 Å². The van der Waals surface area contributed by atoms with Gasteiger partial charge in [-0.05, 0) is 97.2 Å². The molecule has 29 heavy (non-hydrogen) atoms. The third-order valence-electron chi connectivity index (χ3n) is 10.6. The normalized spacial score (nSPS) is 49.6. The van der Waals surface area contributed by atoms with Crippen molar-refractivity contribution in [2.24, 2.45) is 52.3 Å². The summed E-state index contributed by atoms with van der Waals surface area (Å²) in [4.78, 5) is 12.0. The molecule has 0 radical (unpaired) electrons. The van der Waals surface area contributed by atoms with E-state index in [2.05, 4.69) is 34.6 Å². The molecule has 0 saturated heterocycles. The molecule has 0 aromatic rings. The number of hydrogen-bond acceptors (Lipinski definition) is 1. The smallest absolute Gasteiger partial charge is 0.133 e. The Hall–Kier alpha value is -0.330. The van der Waals surface area contributed by atoms with Crippen LogP contribution >= 0.6 is 0 Å². The molecule has 9 atom stereocenters. The van der Waals surface area contributed by atoms with Crippen molar-refractivity contribution < 1.29 is 4.79 Å². The van der Waals surface area contributed by atoms with E-state index in [9.17, 15) is 4.79 Å². The zero-order valence-corrected chi connectivity index (χ0v) is 20.7. The minimum atomic E-state index is 0.494. The van der Waals surface area contributed by atoms with E-state index in [-0.39, 0.29) is 0 Å². The summed E-state index contributed by atoms with van der Waals surface area (Å²) >= 11 is 0. The van der Waals surface area contributed by atoms with Gasteiger partial charge in [0.25, 0.3) is 0 Å². The van der Waals surface area contributed by atoms with Gasteiger partial charge in [0.05, 0.1) is 0 Å². The highest BCUT2D eigenvalue weighted by atomic mass is 16.1. The summed E-state index contributed by atoms with van der Waals surface area (Å²) in [5.41, 5.74) is 1.24. The number of Topliss-reactive ketones (excluding diaryl/α,β-unsaturated/α-hetero) is 1. The van der Waals surface area contributed by atoms with Crippen LogP contribution in [0.2, 0.25) is 0 Å². The molecule has 5 aliphatic carbocycles. The topological polar surface area (TPSA) is 17.1 Å². The van der Waals surface area contributed by atoms with E-state index in [1.165, 1.54) is 57.8 Å². The summed E-state index contributed by atoms with van der Waals surface area (Å²) in [7, 11) is 0. The lowest BCUT2D eigenvalue weighted by atomic mass is 9.37. The molecule has 168 valence electrons. The van der Waals surface area contributed by atoms with E-state index < -0.39 is 0 Å². The standard InChI is InChI=1S/C23H36O.C3H8.C2H6/c1-4-17-14(2)23-12-10-19-18(21(23)8-7-20(17)23)6-5-15-13-16(24)9-11-22(15,19)3;1-3-2;1-2/h14-15,17-21H,4-13H2,1-3H3;3H2,1-2H3;1-2H3. The van der Waals surface area contributed by atoms with Gasteiger partial charge in [-0.3, -0.25) is 4.79 Å². The molecule has 0 aliphatic heterocycles. The fourth-order valence-electron chi connectivity index (χ4n) is 9.59. The number of carbonyl (C=O) groups excluding carboxylic acids is 1. The molecule has 1 spiro atoms. The second kappa shape index (κ2) is 9.04. The second-order valence-corrected chi connectivity index (χ2v) is 11.3. The number of rotatable bonds is 1. The Morgan fingerprint density at radius 3 is 2.21 bits per heavy atom. The Labute approximate surface area is 182 Å². The minimum absolute atomic E-state index is 0.494. The maximum absolute atomic E-state index is 12.0. The predicted octanol–water partition coefficient (Wildman–Crippen LogP) is 8.31. The summed E-state index contributed by atoms with van der Waals surface area (Å²) in [6.07, 6.45) is 14.5. The molecule has 9 unspecified atom stereocenters. The highest BCUT2D eigenvalue weighted by molar-refractivity contribution is 5.79. The van der Waals surface area contributed by atoms with Gasteiger partial charge in [-0.1, -0.05) is 61.3 Å². The van der Waals surface area contributed by atoms with Gasteiger partial charge in [-0.15, -0.1) is 0 Å². The highest BCUT2D eigenvalue weighted by Gasteiger charge is 2.69. The van der Waals surface area contributed by atoms with Crippen LogP contribution < -0.4 is 0 Å². The molecular formula is C28H50O. The number of carbonyl (C=O) groups is 1. The summed E-state index contributed by atoms with van der Waals surface area (Å²) in [6.45, 7) is 15.9. The Kier molecular flexibility index (Phi) is 7.27. The van der Waals surface area contributed by atoms with Crippen LogP contribution in [0.5, 0.6) is 0 Å². The van der Waals surface area contributed by atoms with Crippen molar-refractivity contribution in [3.05, 3.63) is 0 Å². The zero-order valence-electron chi connectivity index (χ0n) is 20.7. The average Bonchev–Trinajstić information content (AvgIpc) is 3.07. The first-order valence-electron chi connectivity index (χ1n) is 13.5. The SMILES string of the molecule is CC.CCC.CCC1C(C)C23CCC4C(CCC5CC(=O)CCC54C)C2CCC13. The van der Waals surface area contributed by atoms with Gasteiger partial charge in [0, 0.05) is 12.8 Å². The van der Waals surface area contributed by atoms with Crippen LogP contribution in [-0.2, 0) is 4.79 Å². The predicted molar refractivity (Wildman–Crippen MR) is 125 cm³/mol. The van der Waals surface area contributed by atoms with E-state index in [1.807, 2.05) is 13.8 Å². The monoisotopic (exact) mass is 402 g/mol. The molecule has 1 heteroatoms. The lowest BCUT2D eigenvalue weighted by Crippen LogP contribution is -2.62. The zero-order chi connectivity index (χ0) is 21.4. The Morgan fingerprint density at radius 1 is 0.897 bits per heavy atom. The lowest BCUT2D eigenvalue weighted by Gasteiger charge is -2.68. The molecule has 0 aromatic carbocycles. The van der Waals surface area contributed by atoms with Gasteiger partial charge in [-0.2, -0.15) is 0 Å². The van der Waals surface area contributed by atoms with Crippen LogP contribution in [0.25, 0.3) is 0 Å². The first kappa shape index (κ1) is 23.3. The average molecular weight is 403 g/mol. The molecule has 0 amide bonds. The Balaban J connectivity index is 0.000000443. The lowest BCUT2D eigenvalue weighted by molar-refractivity contribution is -0.195. The van der Waals surface area contributed by atoms with Crippen molar-refractivity contribution in [3.8, 4) is 0 Å². The van der Waals surface area contributed by atoms with Crippen molar-refractivity contribution in [1.82, 2.24) is 0 Å². The van der Waals surface area contributed by atoms with Crippen LogP contribution in [0.1, 0.15) is 119 Å². The van der Waals surface area contributed by atoms with Gasteiger partial charge in [0.1, 0.15) is 5.78 Å². The number of fused-ring (bicyclic) bond motifs is 4. The van der Waals surface area contributed by atoms with Gasteiger partial charge >= 0.3 is 0 Å². The molecule has 1 nitrogen and oxygen atoms in total. The largest absolute Gasteiger partial charge is 0.300 e. The van der Waals surface area contributed by atoms with E-state index in [1.54, 1.807) is 0 Å². The summed E-state index contributed by atoms with van der Waals surface area (Å²) in [5, 5.41) is 0. The van der Waals surface area contributed by atoms with Crippen molar-refractivity contribution in [3.63, 3.8) is 0 Å². The van der Waals surface area contributed by atoms with E-state index >= 15 is 0 Å². The molecule has 5 aliphatic rings. The number of ketones is 1. The Bertz CT molecular complexity index is 567. The van der Waals surface area contributed by atoms with Crippen molar-refractivity contribution in [2.75, 3.05) is 0 Å². The maximum atomic E-state index is 12.0. The molecular weight excluding hydrogens is 352 g/mol. The van der Waals surface area contributed by atoms with Crippen molar-refractivity contribution in [2.45, 2.75) is 119 Å².